The van der Waals surface area contributed by atoms with Crippen molar-refractivity contribution in [3.63, 3.8) is 0 Å². The van der Waals surface area contributed by atoms with Gasteiger partial charge in [0.1, 0.15) is 6.61 Å². The minimum absolute atomic E-state index is 0.198. The van der Waals surface area contributed by atoms with Crippen LogP contribution in [0.15, 0.2) is 72.8 Å². The van der Waals surface area contributed by atoms with E-state index in [0.717, 1.165) is 11.1 Å². The highest BCUT2D eigenvalue weighted by molar-refractivity contribution is 5.67. The molecule has 0 saturated heterocycles. The molecule has 4 nitrogen and oxygen atoms in total. The first kappa shape index (κ1) is 20.9. The molecule has 0 aromatic heterocycles. The molecular formula is C22H24O4. The molecule has 0 radical (unpaired) electrons. The van der Waals surface area contributed by atoms with E-state index in [1.807, 2.05) is 85.0 Å². The third-order valence-corrected chi connectivity index (χ3v) is 3.13. The molecule has 26 heavy (non-hydrogen) atoms. The fraction of sp³-hybridized carbons (Fsp3) is 0.182. The standard InChI is InChI=1S/2C11H12O2/c1-10(12)13-9-5-8-11-6-3-2-4-7-11;12-11(13)9-5-4-8-10-6-2-1-3-7-10/h2-8H,9H2,1H3;1-4,6-8H,5,9H2,(H,12,13)/b;8-4+. The van der Waals surface area contributed by atoms with Crippen LogP contribution in [0.25, 0.3) is 12.2 Å². The van der Waals surface area contributed by atoms with E-state index < -0.39 is 5.97 Å². The lowest BCUT2D eigenvalue weighted by atomic mass is 10.2. The predicted molar refractivity (Wildman–Crippen MR) is 104 cm³/mol. The summed E-state index contributed by atoms with van der Waals surface area (Å²) in [7, 11) is 0. The predicted octanol–water partition coefficient (Wildman–Crippen LogP) is 4.83. The van der Waals surface area contributed by atoms with Crippen molar-refractivity contribution in [2.75, 3.05) is 6.61 Å². The minimum Gasteiger partial charge on any atom is -0.481 e. The number of aliphatic carboxylic acids is 1. The average Bonchev–Trinajstić information content (AvgIpc) is 2.64. The van der Waals surface area contributed by atoms with Gasteiger partial charge >= 0.3 is 11.9 Å². The maximum atomic E-state index is 10.4. The van der Waals surface area contributed by atoms with Crippen molar-refractivity contribution in [3.05, 3.63) is 83.9 Å². The van der Waals surface area contributed by atoms with Gasteiger partial charge in [0.15, 0.2) is 0 Å². The van der Waals surface area contributed by atoms with Gasteiger partial charge in [-0.3, -0.25) is 9.59 Å². The molecule has 0 amide bonds. The second-order valence-electron chi connectivity index (χ2n) is 5.36. The molecule has 0 unspecified atom stereocenters. The third kappa shape index (κ3) is 11.4. The van der Waals surface area contributed by atoms with Crippen molar-refractivity contribution in [2.24, 2.45) is 0 Å². The molecule has 0 atom stereocenters. The van der Waals surface area contributed by atoms with Crippen LogP contribution in [0.4, 0.5) is 0 Å². The molecule has 0 aliphatic heterocycles. The van der Waals surface area contributed by atoms with Gasteiger partial charge in [0.05, 0.1) is 0 Å². The van der Waals surface area contributed by atoms with E-state index >= 15 is 0 Å². The molecule has 136 valence electrons. The summed E-state index contributed by atoms with van der Waals surface area (Å²) >= 11 is 0. The molecule has 0 aliphatic rings. The summed E-state index contributed by atoms with van der Waals surface area (Å²) in [6.45, 7) is 1.74. The summed E-state index contributed by atoms with van der Waals surface area (Å²) in [5.74, 6) is -1.00. The number of hydrogen-bond donors (Lipinski definition) is 1. The van der Waals surface area contributed by atoms with Gasteiger partial charge in [0, 0.05) is 13.3 Å². The molecule has 2 aromatic carbocycles. The molecule has 0 spiro atoms. The van der Waals surface area contributed by atoms with Gasteiger partial charge in [-0.25, -0.2) is 0 Å². The zero-order valence-electron chi connectivity index (χ0n) is 14.9. The van der Waals surface area contributed by atoms with E-state index in [2.05, 4.69) is 0 Å². The lowest BCUT2D eigenvalue weighted by Gasteiger charge is -1.94. The molecule has 0 saturated carbocycles. The van der Waals surface area contributed by atoms with Crippen LogP contribution in [0.2, 0.25) is 0 Å². The first-order valence-electron chi connectivity index (χ1n) is 8.36. The number of carbonyl (C=O) groups excluding carboxylic acids is 1. The highest BCUT2D eigenvalue weighted by Gasteiger charge is 1.91. The Labute approximate surface area is 154 Å². The van der Waals surface area contributed by atoms with Crippen LogP contribution in [0.5, 0.6) is 0 Å². The van der Waals surface area contributed by atoms with Crippen LogP contribution in [0.3, 0.4) is 0 Å². The maximum Gasteiger partial charge on any atom is 0.303 e. The van der Waals surface area contributed by atoms with Crippen LogP contribution >= 0.6 is 0 Å². The number of carboxylic acids is 1. The Bertz CT molecular complexity index is 640. The second-order valence-corrected chi connectivity index (χ2v) is 5.36. The van der Waals surface area contributed by atoms with Crippen LogP contribution < -0.4 is 0 Å². The lowest BCUT2D eigenvalue weighted by Crippen LogP contribution is -1.97. The normalized spacial score (nSPS) is 10.3. The summed E-state index contributed by atoms with van der Waals surface area (Å²) in [4.78, 5) is 20.6. The smallest absolute Gasteiger partial charge is 0.303 e. The van der Waals surface area contributed by atoms with Gasteiger partial charge in [-0.15, -0.1) is 0 Å². The fourth-order valence-corrected chi connectivity index (χ4v) is 1.90. The van der Waals surface area contributed by atoms with Gasteiger partial charge in [-0.1, -0.05) is 78.9 Å². The third-order valence-electron chi connectivity index (χ3n) is 3.13. The van der Waals surface area contributed by atoms with E-state index in [0.29, 0.717) is 13.0 Å². The zero-order chi connectivity index (χ0) is 19.0. The Balaban J connectivity index is 0.000000260. The van der Waals surface area contributed by atoms with Crippen LogP contribution in [-0.4, -0.2) is 23.7 Å². The highest BCUT2D eigenvalue weighted by Crippen LogP contribution is 2.02. The van der Waals surface area contributed by atoms with Gasteiger partial charge in [-0.05, 0) is 23.6 Å². The number of carbonyl (C=O) groups is 2. The second kappa shape index (κ2) is 13.2. The monoisotopic (exact) mass is 352 g/mol. The van der Waals surface area contributed by atoms with E-state index in [4.69, 9.17) is 9.84 Å². The van der Waals surface area contributed by atoms with Crippen molar-refractivity contribution >= 4 is 24.1 Å². The Morgan fingerprint density at radius 1 is 0.885 bits per heavy atom. The first-order chi connectivity index (χ1) is 12.6. The molecule has 1 N–H and O–H groups in total. The number of hydrogen-bond acceptors (Lipinski definition) is 3. The van der Waals surface area contributed by atoms with Gasteiger partial charge in [-0.2, -0.15) is 0 Å². The summed E-state index contributed by atoms with van der Waals surface area (Å²) in [5, 5.41) is 8.38. The van der Waals surface area contributed by atoms with Crippen LogP contribution in [0.1, 0.15) is 30.9 Å². The molecule has 4 heteroatoms. The van der Waals surface area contributed by atoms with Crippen LogP contribution in [0, 0.1) is 0 Å². The number of benzene rings is 2. The summed E-state index contributed by atoms with van der Waals surface area (Å²) in [6, 6.07) is 19.7. The Morgan fingerprint density at radius 3 is 1.85 bits per heavy atom. The van der Waals surface area contributed by atoms with Gasteiger partial charge < -0.3 is 9.84 Å². The number of carboxylic acid groups (broad SMARTS) is 1. The van der Waals surface area contributed by atoms with Crippen LogP contribution in [-0.2, 0) is 14.3 Å². The molecular weight excluding hydrogens is 328 g/mol. The highest BCUT2D eigenvalue weighted by atomic mass is 16.5. The molecule has 0 fully saturated rings. The topological polar surface area (TPSA) is 63.6 Å². The quantitative estimate of drug-likeness (QED) is 0.725. The van der Waals surface area contributed by atoms with Crippen molar-refractivity contribution in [3.8, 4) is 0 Å². The minimum atomic E-state index is -0.752. The summed E-state index contributed by atoms with van der Waals surface area (Å²) in [6.07, 6.45) is 8.33. The first-order valence-corrected chi connectivity index (χ1v) is 8.36. The van der Waals surface area contributed by atoms with Crippen molar-refractivity contribution in [1.29, 1.82) is 0 Å². The Kier molecular flexibility index (Phi) is 10.6. The number of esters is 1. The van der Waals surface area contributed by atoms with Gasteiger partial charge in [0.2, 0.25) is 0 Å². The number of allylic oxidation sites excluding steroid dienone is 1. The number of ether oxygens (including phenoxy) is 1. The molecule has 2 aromatic rings. The van der Waals surface area contributed by atoms with Gasteiger partial charge in [0.25, 0.3) is 0 Å². The van der Waals surface area contributed by atoms with Crippen molar-refractivity contribution in [1.82, 2.24) is 0 Å². The molecule has 0 bridgehead atoms. The largest absolute Gasteiger partial charge is 0.481 e. The van der Waals surface area contributed by atoms with E-state index in [-0.39, 0.29) is 12.4 Å². The van der Waals surface area contributed by atoms with E-state index in [1.54, 1.807) is 0 Å². The van der Waals surface area contributed by atoms with Crippen molar-refractivity contribution in [2.45, 2.75) is 19.8 Å². The summed E-state index contributed by atoms with van der Waals surface area (Å²) in [5.41, 5.74) is 2.21. The van der Waals surface area contributed by atoms with Crippen molar-refractivity contribution < 1.29 is 19.4 Å². The zero-order valence-corrected chi connectivity index (χ0v) is 14.9. The van der Waals surface area contributed by atoms with E-state index in [1.165, 1.54) is 6.92 Å². The molecule has 0 aliphatic carbocycles. The molecule has 2 rings (SSSR count). The lowest BCUT2D eigenvalue weighted by molar-refractivity contribution is -0.140. The fourth-order valence-electron chi connectivity index (χ4n) is 1.90. The molecule has 0 heterocycles. The average molecular weight is 352 g/mol. The summed E-state index contributed by atoms with van der Waals surface area (Å²) < 4.78 is 4.74. The Hall–Kier alpha value is -3.14. The SMILES string of the molecule is CC(=O)OCC=Cc1ccccc1.O=C(O)CC/C=C/c1ccccc1. The number of rotatable bonds is 7. The maximum absolute atomic E-state index is 10.4. The Morgan fingerprint density at radius 2 is 1.38 bits per heavy atom. The van der Waals surface area contributed by atoms with E-state index in [9.17, 15) is 9.59 Å².